The Balaban J connectivity index is 1.96. The third-order valence-corrected chi connectivity index (χ3v) is 4.62. The van der Waals surface area contributed by atoms with Crippen molar-refractivity contribution in [1.82, 2.24) is 9.71 Å². The molecule has 0 fully saturated rings. The molecule has 2 aromatic rings. The quantitative estimate of drug-likeness (QED) is 0.641. The van der Waals surface area contributed by atoms with Gasteiger partial charge < -0.3 is 4.74 Å². The van der Waals surface area contributed by atoms with Crippen molar-refractivity contribution in [3.63, 3.8) is 0 Å². The molecule has 0 bridgehead atoms. The van der Waals surface area contributed by atoms with Gasteiger partial charge in [-0.1, -0.05) is 25.7 Å². The van der Waals surface area contributed by atoms with Gasteiger partial charge in [0, 0.05) is 8.07 Å². The van der Waals surface area contributed by atoms with E-state index in [0.29, 0.717) is 6.61 Å². The third-order valence-electron chi connectivity index (χ3n) is 2.91. The number of rotatable bonds is 4. The molecule has 108 valence electrons. The van der Waals surface area contributed by atoms with E-state index in [0.717, 1.165) is 22.6 Å². The zero-order valence-electron chi connectivity index (χ0n) is 12.3. The summed E-state index contributed by atoms with van der Waals surface area (Å²) < 4.78 is 6.43. The van der Waals surface area contributed by atoms with Crippen LogP contribution in [0.1, 0.15) is 5.56 Å². The lowest BCUT2D eigenvalue weighted by molar-refractivity contribution is 0.0545. The molecule has 1 aromatic carbocycles. The molecule has 1 aromatic heterocycles. The highest BCUT2D eigenvalue weighted by molar-refractivity contribution is 6.76. The number of hydrogen-bond acceptors (Lipinski definition) is 4. The van der Waals surface area contributed by atoms with Crippen molar-refractivity contribution < 1.29 is 14.4 Å². The molecule has 0 atom stereocenters. The second kappa shape index (κ2) is 5.66. The van der Waals surface area contributed by atoms with Gasteiger partial charge in [-0.2, -0.15) is 4.73 Å². The highest BCUT2D eigenvalue weighted by atomic mass is 28.3. The van der Waals surface area contributed by atoms with E-state index < -0.39 is 14.2 Å². The fourth-order valence-corrected chi connectivity index (χ4v) is 2.43. The number of carbonyl (C=O) groups excluding carboxylic acids is 1. The number of aromatic nitrogens is 2. The molecular formula is C14H20N2O3Si. The van der Waals surface area contributed by atoms with Gasteiger partial charge in [-0.15, -0.1) is 0 Å². The summed E-state index contributed by atoms with van der Waals surface area (Å²) in [5.74, 6) is 0. The van der Waals surface area contributed by atoms with Crippen molar-refractivity contribution in [3.8, 4) is 0 Å². The number of aryl methyl sites for hydroxylation is 1. The van der Waals surface area contributed by atoms with Gasteiger partial charge in [0.1, 0.15) is 11.8 Å². The van der Waals surface area contributed by atoms with Crippen LogP contribution in [0.3, 0.4) is 0 Å². The highest BCUT2D eigenvalue weighted by Gasteiger charge is 2.15. The maximum absolute atomic E-state index is 11.6. The van der Waals surface area contributed by atoms with Crippen molar-refractivity contribution >= 4 is 25.3 Å². The fourth-order valence-electron chi connectivity index (χ4n) is 1.72. The van der Waals surface area contributed by atoms with Gasteiger partial charge in [-0.3, -0.25) is 4.84 Å². The molecule has 0 radical (unpaired) electrons. The Labute approximate surface area is 119 Å². The first-order chi connectivity index (χ1) is 9.35. The number of hydrogen-bond donors (Lipinski definition) is 0. The van der Waals surface area contributed by atoms with Gasteiger partial charge >= 0.3 is 6.16 Å². The molecule has 0 aliphatic carbocycles. The second-order valence-electron chi connectivity index (χ2n) is 6.06. The zero-order chi connectivity index (χ0) is 14.8. The molecule has 1 heterocycles. The summed E-state index contributed by atoms with van der Waals surface area (Å²) in [6.45, 7) is 9.08. The van der Waals surface area contributed by atoms with Crippen LogP contribution in [-0.4, -0.2) is 30.6 Å². The average Bonchev–Trinajstić information content (AvgIpc) is 2.70. The first-order valence-corrected chi connectivity index (χ1v) is 10.3. The van der Waals surface area contributed by atoms with E-state index >= 15 is 0 Å². The monoisotopic (exact) mass is 292 g/mol. The Hall–Kier alpha value is -1.82. The van der Waals surface area contributed by atoms with Gasteiger partial charge in [0.25, 0.3) is 0 Å². The van der Waals surface area contributed by atoms with Crippen molar-refractivity contribution in [3.05, 3.63) is 30.1 Å². The van der Waals surface area contributed by atoms with Gasteiger partial charge in [0.2, 0.25) is 0 Å². The number of imidazole rings is 1. The SMILES string of the molecule is Cc1ccc2c(c1)ncn2OC(=O)OCC[Si](C)(C)C. The molecule has 0 N–H and O–H groups in total. The maximum Gasteiger partial charge on any atom is 0.533 e. The fraction of sp³-hybridized carbons (Fsp3) is 0.429. The van der Waals surface area contributed by atoms with Crippen molar-refractivity contribution in [2.24, 2.45) is 0 Å². The molecule has 0 aliphatic heterocycles. The molecule has 20 heavy (non-hydrogen) atoms. The Morgan fingerprint density at radius 3 is 2.80 bits per heavy atom. The lowest BCUT2D eigenvalue weighted by Gasteiger charge is -2.15. The van der Waals surface area contributed by atoms with E-state index in [4.69, 9.17) is 9.57 Å². The van der Waals surface area contributed by atoms with E-state index in [1.165, 1.54) is 11.1 Å². The van der Waals surface area contributed by atoms with Gasteiger partial charge in [0.15, 0.2) is 0 Å². The molecule has 0 saturated heterocycles. The molecule has 5 nitrogen and oxygen atoms in total. The van der Waals surface area contributed by atoms with Crippen LogP contribution in [0.4, 0.5) is 4.79 Å². The third kappa shape index (κ3) is 3.83. The summed E-state index contributed by atoms with van der Waals surface area (Å²) in [5, 5.41) is 0. The number of fused-ring (bicyclic) bond motifs is 1. The highest BCUT2D eigenvalue weighted by Crippen LogP contribution is 2.13. The number of carbonyl (C=O) groups is 1. The van der Waals surface area contributed by atoms with E-state index in [1.807, 2.05) is 25.1 Å². The summed E-state index contributed by atoms with van der Waals surface area (Å²) in [5.41, 5.74) is 2.65. The Bertz CT molecular complexity index is 616. The number of ether oxygens (including phenoxy) is 1. The van der Waals surface area contributed by atoms with E-state index in [-0.39, 0.29) is 0 Å². The zero-order valence-corrected chi connectivity index (χ0v) is 13.3. The van der Waals surface area contributed by atoms with Crippen LogP contribution in [0.2, 0.25) is 25.7 Å². The molecule has 0 amide bonds. The van der Waals surface area contributed by atoms with Crippen LogP contribution in [0.25, 0.3) is 11.0 Å². The molecule has 0 aliphatic rings. The van der Waals surface area contributed by atoms with Crippen LogP contribution in [0.5, 0.6) is 0 Å². The molecular weight excluding hydrogens is 272 g/mol. The standard InChI is InChI=1S/C14H20N2O3Si/c1-11-5-6-13-12(9-11)15-10-16(13)19-14(17)18-7-8-20(2,3)4/h5-6,9-10H,7-8H2,1-4H3. The molecule has 2 rings (SSSR count). The Morgan fingerprint density at radius 2 is 2.10 bits per heavy atom. The summed E-state index contributed by atoms with van der Waals surface area (Å²) in [4.78, 5) is 20.9. The minimum atomic E-state index is -1.20. The van der Waals surface area contributed by atoms with Gasteiger partial charge in [-0.05, 0) is 30.7 Å². The average molecular weight is 292 g/mol. The van der Waals surface area contributed by atoms with Crippen molar-refractivity contribution in [2.75, 3.05) is 6.61 Å². The first-order valence-electron chi connectivity index (χ1n) is 6.64. The summed E-state index contributed by atoms with van der Waals surface area (Å²) in [6, 6.07) is 6.67. The van der Waals surface area contributed by atoms with Crippen LogP contribution in [-0.2, 0) is 4.74 Å². The van der Waals surface area contributed by atoms with Gasteiger partial charge in [0.05, 0.1) is 12.1 Å². The minimum absolute atomic E-state index is 0.403. The van der Waals surface area contributed by atoms with Crippen LogP contribution in [0, 0.1) is 6.92 Å². The van der Waals surface area contributed by atoms with Gasteiger partial charge in [-0.25, -0.2) is 9.78 Å². The topological polar surface area (TPSA) is 53.4 Å². The van der Waals surface area contributed by atoms with Crippen molar-refractivity contribution in [2.45, 2.75) is 32.6 Å². The van der Waals surface area contributed by atoms with E-state index in [2.05, 4.69) is 24.6 Å². The Kier molecular flexibility index (Phi) is 4.13. The Morgan fingerprint density at radius 1 is 1.35 bits per heavy atom. The molecule has 6 heteroatoms. The molecule has 0 spiro atoms. The van der Waals surface area contributed by atoms with Crippen LogP contribution in [0.15, 0.2) is 24.5 Å². The summed E-state index contributed by atoms with van der Waals surface area (Å²) in [7, 11) is -1.20. The summed E-state index contributed by atoms with van der Waals surface area (Å²) in [6.07, 6.45) is 0.785. The smallest absolute Gasteiger partial charge is 0.433 e. The normalized spacial score (nSPS) is 11.6. The largest absolute Gasteiger partial charge is 0.533 e. The predicted octanol–water partition coefficient (Wildman–Crippen LogP) is 3.25. The second-order valence-corrected chi connectivity index (χ2v) is 11.7. The number of benzene rings is 1. The van der Waals surface area contributed by atoms with Crippen LogP contribution >= 0.6 is 0 Å². The minimum Gasteiger partial charge on any atom is -0.433 e. The lowest BCUT2D eigenvalue weighted by Crippen LogP contribution is -2.25. The lowest BCUT2D eigenvalue weighted by atomic mass is 10.2. The predicted molar refractivity (Wildman–Crippen MR) is 80.6 cm³/mol. The van der Waals surface area contributed by atoms with E-state index in [1.54, 1.807) is 0 Å². The maximum atomic E-state index is 11.6. The van der Waals surface area contributed by atoms with E-state index in [9.17, 15) is 4.79 Å². The number of nitrogens with zero attached hydrogens (tertiary/aromatic N) is 2. The first kappa shape index (κ1) is 14.6. The molecule has 0 unspecified atom stereocenters. The summed E-state index contributed by atoms with van der Waals surface area (Å²) >= 11 is 0. The van der Waals surface area contributed by atoms with Crippen molar-refractivity contribution in [1.29, 1.82) is 0 Å². The molecule has 0 saturated carbocycles. The van der Waals surface area contributed by atoms with Crippen LogP contribution < -0.4 is 4.84 Å².